The van der Waals surface area contributed by atoms with Gasteiger partial charge in [0.15, 0.2) is 0 Å². The molecule has 0 aliphatic heterocycles. The zero-order chi connectivity index (χ0) is 15.0. The van der Waals surface area contributed by atoms with E-state index in [1.165, 1.54) is 18.3 Å². The van der Waals surface area contributed by atoms with E-state index in [1.807, 2.05) is 7.05 Å². The number of alkyl halides is 3. The molecular formula is C14H11F3N4. The summed E-state index contributed by atoms with van der Waals surface area (Å²) in [5.41, 5.74) is 0.722. The van der Waals surface area contributed by atoms with Crippen LogP contribution in [-0.4, -0.2) is 14.5 Å². The second-order valence-electron chi connectivity index (χ2n) is 4.58. The van der Waals surface area contributed by atoms with E-state index in [0.717, 1.165) is 11.6 Å². The van der Waals surface area contributed by atoms with E-state index in [-0.39, 0.29) is 5.69 Å². The maximum Gasteiger partial charge on any atom is 0.418 e. The number of halogens is 3. The van der Waals surface area contributed by atoms with E-state index in [4.69, 9.17) is 0 Å². The predicted molar refractivity (Wildman–Crippen MR) is 73.2 cm³/mol. The Bertz CT molecular complexity index is 792. The summed E-state index contributed by atoms with van der Waals surface area (Å²) in [7, 11) is 1.81. The van der Waals surface area contributed by atoms with Crippen LogP contribution in [0.5, 0.6) is 0 Å². The highest BCUT2D eigenvalue weighted by Gasteiger charge is 2.33. The Morgan fingerprint density at radius 1 is 1.14 bits per heavy atom. The van der Waals surface area contributed by atoms with Gasteiger partial charge < -0.3 is 9.88 Å². The number of hydrogen-bond donors (Lipinski definition) is 1. The monoisotopic (exact) mass is 292 g/mol. The van der Waals surface area contributed by atoms with E-state index in [2.05, 4.69) is 15.3 Å². The first-order valence-corrected chi connectivity index (χ1v) is 6.15. The lowest BCUT2D eigenvalue weighted by atomic mass is 10.1. The summed E-state index contributed by atoms with van der Waals surface area (Å²) in [6.07, 6.45) is -1.27. The molecule has 2 aromatic heterocycles. The molecule has 0 saturated carbocycles. The van der Waals surface area contributed by atoms with Crippen LogP contribution in [0.3, 0.4) is 0 Å². The number of aromatic nitrogens is 3. The normalized spacial score (nSPS) is 11.8. The summed E-state index contributed by atoms with van der Waals surface area (Å²) in [5.74, 6) is 0.336. The molecule has 0 aliphatic carbocycles. The largest absolute Gasteiger partial charge is 0.418 e. The summed E-state index contributed by atoms with van der Waals surface area (Å²) in [6, 6.07) is 6.96. The summed E-state index contributed by atoms with van der Waals surface area (Å²) < 4.78 is 40.6. The lowest BCUT2D eigenvalue weighted by Crippen LogP contribution is -2.08. The highest BCUT2D eigenvalue weighted by atomic mass is 19.4. The van der Waals surface area contributed by atoms with Gasteiger partial charge in [-0.3, -0.25) is 0 Å². The number of imidazole rings is 1. The summed E-state index contributed by atoms with van der Waals surface area (Å²) in [4.78, 5) is 8.20. The quantitative estimate of drug-likeness (QED) is 0.782. The molecule has 4 nitrogen and oxygen atoms in total. The number of nitrogens with one attached hydrogen (secondary N) is 1. The van der Waals surface area contributed by atoms with E-state index in [0.29, 0.717) is 11.3 Å². The topological polar surface area (TPSA) is 42.7 Å². The minimum absolute atomic E-state index is 0.0287. The maximum absolute atomic E-state index is 12.9. The Kier molecular flexibility index (Phi) is 3.04. The smallest absolute Gasteiger partial charge is 0.340 e. The molecule has 0 amide bonds. The Hall–Kier alpha value is -2.57. The third-order valence-corrected chi connectivity index (χ3v) is 3.11. The van der Waals surface area contributed by atoms with Crippen molar-refractivity contribution in [1.29, 1.82) is 0 Å². The molecule has 0 bridgehead atoms. The predicted octanol–water partition coefficient (Wildman–Crippen LogP) is 3.73. The average molecular weight is 292 g/mol. The second-order valence-corrected chi connectivity index (χ2v) is 4.58. The van der Waals surface area contributed by atoms with Crippen LogP contribution >= 0.6 is 0 Å². The minimum atomic E-state index is -4.42. The van der Waals surface area contributed by atoms with Crippen molar-refractivity contribution in [3.63, 3.8) is 0 Å². The molecular weight excluding hydrogens is 281 g/mol. The summed E-state index contributed by atoms with van der Waals surface area (Å²) in [5, 5.41) is 2.72. The molecule has 108 valence electrons. The van der Waals surface area contributed by atoms with Crippen molar-refractivity contribution >= 4 is 22.5 Å². The molecule has 0 saturated heterocycles. The number of nitrogens with zero attached hydrogens (tertiary/aromatic N) is 3. The molecule has 3 rings (SSSR count). The molecule has 0 fully saturated rings. The Morgan fingerprint density at radius 2 is 1.90 bits per heavy atom. The van der Waals surface area contributed by atoms with Gasteiger partial charge in [-0.05, 0) is 12.1 Å². The van der Waals surface area contributed by atoms with Crippen molar-refractivity contribution in [1.82, 2.24) is 14.5 Å². The van der Waals surface area contributed by atoms with Crippen molar-refractivity contribution in [3.8, 4) is 0 Å². The summed E-state index contributed by atoms with van der Waals surface area (Å²) >= 11 is 0. The highest BCUT2D eigenvalue weighted by molar-refractivity contribution is 5.78. The molecule has 0 aliphatic rings. The van der Waals surface area contributed by atoms with Gasteiger partial charge in [0.05, 0.1) is 29.3 Å². The van der Waals surface area contributed by atoms with Gasteiger partial charge >= 0.3 is 6.18 Å². The molecule has 0 unspecified atom stereocenters. The molecule has 1 aromatic carbocycles. The van der Waals surface area contributed by atoms with Gasteiger partial charge in [-0.15, -0.1) is 0 Å². The molecule has 7 heteroatoms. The SMILES string of the molecule is Cn1cnc2cnc(Nc3ccccc3C(F)(F)F)cc21. The second kappa shape index (κ2) is 4.76. The van der Waals surface area contributed by atoms with Crippen molar-refractivity contribution < 1.29 is 13.2 Å². The lowest BCUT2D eigenvalue weighted by Gasteiger charge is -2.13. The van der Waals surface area contributed by atoms with Crippen molar-refractivity contribution in [2.24, 2.45) is 7.05 Å². The number of pyridine rings is 1. The van der Waals surface area contributed by atoms with E-state index in [9.17, 15) is 13.2 Å². The van der Waals surface area contributed by atoms with Crippen LogP contribution in [-0.2, 0) is 13.2 Å². The van der Waals surface area contributed by atoms with E-state index >= 15 is 0 Å². The van der Waals surface area contributed by atoms with Crippen molar-refractivity contribution in [2.45, 2.75) is 6.18 Å². The first-order valence-electron chi connectivity index (χ1n) is 6.15. The number of para-hydroxylation sites is 1. The number of hydrogen-bond acceptors (Lipinski definition) is 3. The van der Waals surface area contributed by atoms with Crippen LogP contribution in [0.25, 0.3) is 11.0 Å². The third kappa shape index (κ3) is 2.54. The van der Waals surface area contributed by atoms with Crippen LogP contribution in [0.15, 0.2) is 42.9 Å². The van der Waals surface area contributed by atoms with Gasteiger partial charge in [-0.25, -0.2) is 9.97 Å². The Morgan fingerprint density at radius 3 is 2.67 bits per heavy atom. The van der Waals surface area contributed by atoms with E-state index in [1.54, 1.807) is 23.0 Å². The standard InChI is InChI=1S/C14H11F3N4/c1-21-8-19-11-7-18-13(6-12(11)21)20-10-5-3-2-4-9(10)14(15,16)17/h2-8H,1H3,(H,18,20). The fourth-order valence-electron chi connectivity index (χ4n) is 2.08. The third-order valence-electron chi connectivity index (χ3n) is 3.11. The molecule has 21 heavy (non-hydrogen) atoms. The zero-order valence-electron chi connectivity index (χ0n) is 11.0. The lowest BCUT2D eigenvalue weighted by molar-refractivity contribution is -0.136. The highest BCUT2D eigenvalue weighted by Crippen LogP contribution is 2.35. The van der Waals surface area contributed by atoms with Gasteiger partial charge in [-0.1, -0.05) is 12.1 Å². The van der Waals surface area contributed by atoms with Gasteiger partial charge in [0.1, 0.15) is 11.3 Å². The maximum atomic E-state index is 12.9. The average Bonchev–Trinajstić information content (AvgIpc) is 2.80. The van der Waals surface area contributed by atoms with Crippen LogP contribution in [0, 0.1) is 0 Å². The minimum Gasteiger partial charge on any atom is -0.340 e. The number of fused-ring (bicyclic) bond motifs is 1. The van der Waals surface area contributed by atoms with Crippen LogP contribution < -0.4 is 5.32 Å². The number of anilines is 2. The molecule has 2 heterocycles. The van der Waals surface area contributed by atoms with Crippen LogP contribution in [0.4, 0.5) is 24.7 Å². The van der Waals surface area contributed by atoms with Crippen LogP contribution in [0.2, 0.25) is 0 Å². The van der Waals surface area contributed by atoms with Crippen LogP contribution in [0.1, 0.15) is 5.56 Å². The van der Waals surface area contributed by atoms with Gasteiger partial charge in [0.25, 0.3) is 0 Å². The zero-order valence-corrected chi connectivity index (χ0v) is 11.0. The molecule has 0 spiro atoms. The molecule has 3 aromatic rings. The van der Waals surface area contributed by atoms with E-state index < -0.39 is 11.7 Å². The summed E-state index contributed by atoms with van der Waals surface area (Å²) in [6.45, 7) is 0. The fraction of sp³-hybridized carbons (Fsp3) is 0.143. The van der Waals surface area contributed by atoms with Gasteiger partial charge in [0, 0.05) is 13.1 Å². The number of benzene rings is 1. The first kappa shape index (κ1) is 13.4. The number of rotatable bonds is 2. The molecule has 0 atom stereocenters. The van der Waals surface area contributed by atoms with Gasteiger partial charge in [0.2, 0.25) is 0 Å². The van der Waals surface area contributed by atoms with Crippen molar-refractivity contribution in [3.05, 3.63) is 48.4 Å². The Labute approximate surface area is 118 Å². The fourth-order valence-corrected chi connectivity index (χ4v) is 2.08. The molecule has 1 N–H and O–H groups in total. The molecule has 0 radical (unpaired) electrons. The Balaban J connectivity index is 2.01. The van der Waals surface area contributed by atoms with Crippen molar-refractivity contribution in [2.75, 3.05) is 5.32 Å². The van der Waals surface area contributed by atoms with Gasteiger partial charge in [-0.2, -0.15) is 13.2 Å². The number of aryl methyl sites for hydroxylation is 1. The first-order chi connectivity index (χ1) is 9.95.